The first kappa shape index (κ1) is 28.3. The zero-order chi connectivity index (χ0) is 29.2. The van der Waals surface area contributed by atoms with Gasteiger partial charge in [-0.05, 0) is 54.9 Å². The Balaban J connectivity index is 1.28. The van der Waals surface area contributed by atoms with E-state index in [0.29, 0.717) is 59.7 Å². The molecule has 4 aromatic rings. The number of rotatable bonds is 6. The third-order valence-electron chi connectivity index (χ3n) is 8.37. The van der Waals surface area contributed by atoms with Crippen molar-refractivity contribution in [3.8, 4) is 22.4 Å². The van der Waals surface area contributed by atoms with Gasteiger partial charge in [0.15, 0.2) is 0 Å². The fourth-order valence-electron chi connectivity index (χ4n) is 5.80. The molecular formula is C33H35F2N5O2. The molecule has 42 heavy (non-hydrogen) atoms. The van der Waals surface area contributed by atoms with Crippen LogP contribution in [0.4, 0.5) is 8.78 Å². The van der Waals surface area contributed by atoms with Crippen molar-refractivity contribution in [3.63, 3.8) is 0 Å². The van der Waals surface area contributed by atoms with Crippen LogP contribution in [0, 0.1) is 18.6 Å². The lowest BCUT2D eigenvalue weighted by atomic mass is 10.00. The van der Waals surface area contributed by atoms with Crippen LogP contribution in [-0.2, 0) is 11.3 Å². The van der Waals surface area contributed by atoms with Crippen LogP contribution in [0.1, 0.15) is 28.4 Å². The Labute approximate surface area is 244 Å². The maximum absolute atomic E-state index is 15.2. The van der Waals surface area contributed by atoms with Crippen LogP contribution < -0.4 is 0 Å². The monoisotopic (exact) mass is 571 g/mol. The number of hydrogen-bond donors (Lipinski definition) is 0. The number of fused-ring (bicyclic) bond motifs is 1. The van der Waals surface area contributed by atoms with Crippen molar-refractivity contribution < 1.29 is 18.3 Å². The Morgan fingerprint density at radius 2 is 1.64 bits per heavy atom. The molecule has 0 saturated carbocycles. The highest BCUT2D eigenvalue weighted by molar-refractivity contribution is 5.96. The summed E-state index contributed by atoms with van der Waals surface area (Å²) in [4.78, 5) is 29.0. The van der Waals surface area contributed by atoms with E-state index in [-0.39, 0.29) is 18.0 Å². The molecule has 9 heteroatoms. The molecule has 0 aliphatic carbocycles. The highest BCUT2D eigenvalue weighted by Gasteiger charge is 2.23. The van der Waals surface area contributed by atoms with Gasteiger partial charge in [0.05, 0.1) is 36.1 Å². The Bertz CT molecular complexity index is 1590. The molecule has 2 aliphatic heterocycles. The highest BCUT2D eigenvalue weighted by atomic mass is 19.1. The SMILES string of the molecule is CCN1CCN(C(=O)c2ccc(-c3cnc4cccc(-c5cc(F)c(CN6CCOCC6)c(F)c5)c4n3)cc2C)CC1. The number of aromatic nitrogens is 2. The topological polar surface area (TPSA) is 61.8 Å². The molecule has 0 radical (unpaired) electrons. The number of morpholine rings is 1. The van der Waals surface area contributed by atoms with Gasteiger partial charge in [-0.1, -0.05) is 25.1 Å². The van der Waals surface area contributed by atoms with E-state index in [1.54, 1.807) is 6.20 Å². The molecular weight excluding hydrogens is 536 g/mol. The zero-order valence-corrected chi connectivity index (χ0v) is 24.1. The number of aryl methyl sites for hydroxylation is 1. The maximum Gasteiger partial charge on any atom is 0.254 e. The number of carbonyl (C=O) groups is 1. The van der Waals surface area contributed by atoms with E-state index in [1.807, 2.05) is 53.1 Å². The third kappa shape index (κ3) is 5.77. The molecule has 1 aromatic heterocycles. The summed E-state index contributed by atoms with van der Waals surface area (Å²) in [6, 6.07) is 13.9. The van der Waals surface area contributed by atoms with E-state index in [1.165, 1.54) is 12.1 Å². The molecule has 3 heterocycles. The number of benzene rings is 3. The van der Waals surface area contributed by atoms with Gasteiger partial charge in [0.2, 0.25) is 0 Å². The van der Waals surface area contributed by atoms with Crippen LogP contribution in [0.25, 0.3) is 33.4 Å². The molecule has 0 unspecified atom stereocenters. The lowest BCUT2D eigenvalue weighted by Crippen LogP contribution is -2.48. The highest BCUT2D eigenvalue weighted by Crippen LogP contribution is 2.32. The summed E-state index contributed by atoms with van der Waals surface area (Å²) in [5.74, 6) is -1.11. The van der Waals surface area contributed by atoms with E-state index >= 15 is 8.78 Å². The first-order valence-corrected chi connectivity index (χ1v) is 14.6. The minimum atomic E-state index is -0.579. The van der Waals surface area contributed by atoms with E-state index < -0.39 is 11.6 Å². The van der Waals surface area contributed by atoms with Crippen molar-refractivity contribution in [2.45, 2.75) is 20.4 Å². The predicted octanol–water partition coefficient (Wildman–Crippen LogP) is 5.16. The minimum absolute atomic E-state index is 0.0443. The lowest BCUT2D eigenvalue weighted by Gasteiger charge is -2.34. The summed E-state index contributed by atoms with van der Waals surface area (Å²) in [5.41, 5.74) is 5.25. The number of ether oxygens (including phenoxy) is 1. The largest absolute Gasteiger partial charge is 0.379 e. The molecule has 3 aromatic carbocycles. The Hall–Kier alpha value is -3.79. The third-order valence-corrected chi connectivity index (χ3v) is 8.37. The Morgan fingerprint density at radius 3 is 2.33 bits per heavy atom. The van der Waals surface area contributed by atoms with Crippen molar-refractivity contribution in [3.05, 3.63) is 83.1 Å². The van der Waals surface area contributed by atoms with Gasteiger partial charge in [0.25, 0.3) is 5.91 Å². The number of hydrogen-bond acceptors (Lipinski definition) is 6. The second-order valence-corrected chi connectivity index (χ2v) is 11.0. The predicted molar refractivity (Wildman–Crippen MR) is 159 cm³/mol. The fraction of sp³-hybridized carbons (Fsp3) is 0.364. The molecule has 0 atom stereocenters. The second kappa shape index (κ2) is 12.2. The molecule has 1 amide bonds. The summed E-state index contributed by atoms with van der Waals surface area (Å²) in [5, 5.41) is 0. The number of nitrogens with zero attached hydrogens (tertiary/aromatic N) is 5. The van der Waals surface area contributed by atoms with Crippen LogP contribution in [0.2, 0.25) is 0 Å². The van der Waals surface area contributed by atoms with Gasteiger partial charge >= 0.3 is 0 Å². The maximum atomic E-state index is 15.2. The molecule has 0 spiro atoms. The van der Waals surface area contributed by atoms with E-state index in [0.717, 1.165) is 43.9 Å². The van der Waals surface area contributed by atoms with Crippen LogP contribution >= 0.6 is 0 Å². The van der Waals surface area contributed by atoms with Crippen LogP contribution in [0.5, 0.6) is 0 Å². The van der Waals surface area contributed by atoms with E-state index in [2.05, 4.69) is 16.8 Å². The summed E-state index contributed by atoms with van der Waals surface area (Å²) in [7, 11) is 0. The van der Waals surface area contributed by atoms with E-state index in [9.17, 15) is 4.79 Å². The number of para-hydroxylation sites is 1. The van der Waals surface area contributed by atoms with Crippen molar-refractivity contribution in [1.82, 2.24) is 24.7 Å². The number of likely N-dealkylation sites (N-methyl/N-ethyl adjacent to an activating group) is 1. The Morgan fingerprint density at radius 1 is 0.905 bits per heavy atom. The average molecular weight is 572 g/mol. The van der Waals surface area contributed by atoms with E-state index in [4.69, 9.17) is 9.72 Å². The summed E-state index contributed by atoms with van der Waals surface area (Å²) >= 11 is 0. The van der Waals surface area contributed by atoms with Gasteiger partial charge in [-0.25, -0.2) is 13.8 Å². The van der Waals surface area contributed by atoms with Gasteiger partial charge in [-0.15, -0.1) is 0 Å². The van der Waals surface area contributed by atoms with Gasteiger partial charge in [-0.3, -0.25) is 14.7 Å². The minimum Gasteiger partial charge on any atom is -0.379 e. The molecule has 2 aliphatic rings. The normalized spacial score (nSPS) is 16.7. The smallest absolute Gasteiger partial charge is 0.254 e. The van der Waals surface area contributed by atoms with Crippen molar-refractivity contribution >= 4 is 16.9 Å². The molecule has 0 bridgehead atoms. The first-order chi connectivity index (χ1) is 20.4. The molecule has 6 rings (SSSR count). The van der Waals surface area contributed by atoms with Crippen molar-refractivity contribution in [2.75, 3.05) is 59.0 Å². The van der Waals surface area contributed by atoms with Crippen molar-refractivity contribution in [2.24, 2.45) is 0 Å². The number of piperazine rings is 1. The molecule has 218 valence electrons. The van der Waals surface area contributed by atoms with Crippen LogP contribution in [-0.4, -0.2) is 89.6 Å². The quantitative estimate of drug-likeness (QED) is 0.319. The first-order valence-electron chi connectivity index (χ1n) is 14.6. The summed E-state index contributed by atoms with van der Waals surface area (Å²) < 4.78 is 35.8. The fourth-order valence-corrected chi connectivity index (χ4v) is 5.80. The summed E-state index contributed by atoms with van der Waals surface area (Å²) in [6.07, 6.45) is 1.69. The zero-order valence-electron chi connectivity index (χ0n) is 24.1. The van der Waals surface area contributed by atoms with Crippen LogP contribution in [0.15, 0.2) is 54.7 Å². The standard InChI is InChI=1S/C33H35F2N5O2/c1-3-38-9-11-40(12-10-38)33(41)25-8-7-23(17-22(25)2)31-20-36-30-6-4-5-26(32(30)37-31)24-18-28(34)27(29(35)19-24)21-39-13-15-42-16-14-39/h4-8,17-20H,3,9-16,21H2,1-2H3. The molecule has 7 nitrogen and oxygen atoms in total. The van der Waals surface area contributed by atoms with Gasteiger partial charge < -0.3 is 14.5 Å². The number of halogens is 2. The van der Waals surface area contributed by atoms with Gasteiger partial charge in [-0.2, -0.15) is 0 Å². The summed E-state index contributed by atoms with van der Waals surface area (Å²) in [6.45, 7) is 10.9. The molecule has 2 fully saturated rings. The van der Waals surface area contributed by atoms with Gasteiger partial charge in [0.1, 0.15) is 11.6 Å². The second-order valence-electron chi connectivity index (χ2n) is 11.0. The van der Waals surface area contributed by atoms with Crippen LogP contribution in [0.3, 0.4) is 0 Å². The Kier molecular flexibility index (Phi) is 8.24. The average Bonchev–Trinajstić information content (AvgIpc) is 3.02. The molecule has 0 N–H and O–H groups in total. The number of amides is 1. The molecule has 2 saturated heterocycles. The van der Waals surface area contributed by atoms with Gasteiger partial charge in [0, 0.05) is 68.1 Å². The number of carbonyl (C=O) groups excluding carboxylic acids is 1. The lowest BCUT2D eigenvalue weighted by molar-refractivity contribution is 0.0332. The van der Waals surface area contributed by atoms with Crippen molar-refractivity contribution in [1.29, 1.82) is 0 Å².